The summed E-state index contributed by atoms with van der Waals surface area (Å²) in [6.45, 7) is 6.17. The Balaban J connectivity index is 1.96. The number of anilines is 1. The average Bonchev–Trinajstić information content (AvgIpc) is 2.97. The maximum atomic E-state index is 5.08. The standard InChI is InChI=1S/C16H23N3O/c1-4-8-17-13(2)15-5-6-16(18-10-15)19(3)11-14-7-9-20-12-14/h5-7,9-10,12-13,17H,4,8,11H2,1-3H3. The predicted molar refractivity (Wildman–Crippen MR) is 81.8 cm³/mol. The summed E-state index contributed by atoms with van der Waals surface area (Å²) in [5.74, 6) is 0.970. The van der Waals surface area contributed by atoms with Crippen molar-refractivity contribution >= 4 is 5.82 Å². The molecule has 0 aliphatic carbocycles. The molecule has 4 nitrogen and oxygen atoms in total. The molecule has 0 aliphatic rings. The quantitative estimate of drug-likeness (QED) is 0.839. The molecule has 1 atom stereocenters. The highest BCUT2D eigenvalue weighted by molar-refractivity contribution is 5.39. The number of furan rings is 1. The molecule has 0 spiro atoms. The van der Waals surface area contributed by atoms with E-state index in [-0.39, 0.29) is 0 Å². The molecule has 2 aromatic rings. The molecule has 20 heavy (non-hydrogen) atoms. The first kappa shape index (κ1) is 14.6. The van der Waals surface area contributed by atoms with Crippen molar-refractivity contribution in [3.05, 3.63) is 48.0 Å². The van der Waals surface area contributed by atoms with Crippen LogP contribution in [0.3, 0.4) is 0 Å². The molecule has 4 heteroatoms. The Labute approximate surface area is 120 Å². The van der Waals surface area contributed by atoms with Crippen molar-refractivity contribution in [2.24, 2.45) is 0 Å². The van der Waals surface area contributed by atoms with Gasteiger partial charge in [-0.1, -0.05) is 13.0 Å². The molecule has 0 radical (unpaired) electrons. The summed E-state index contributed by atoms with van der Waals surface area (Å²) in [4.78, 5) is 6.65. The first-order valence-corrected chi connectivity index (χ1v) is 7.12. The lowest BCUT2D eigenvalue weighted by molar-refractivity contribution is 0.563. The van der Waals surface area contributed by atoms with E-state index in [0.29, 0.717) is 6.04 Å². The van der Waals surface area contributed by atoms with Gasteiger partial charge in [0, 0.05) is 31.4 Å². The van der Waals surface area contributed by atoms with Crippen molar-refractivity contribution in [1.29, 1.82) is 0 Å². The molecule has 0 fully saturated rings. The third kappa shape index (κ3) is 3.84. The van der Waals surface area contributed by atoms with E-state index in [4.69, 9.17) is 4.42 Å². The Bertz CT molecular complexity index is 493. The molecule has 1 unspecified atom stereocenters. The first-order valence-electron chi connectivity index (χ1n) is 7.12. The van der Waals surface area contributed by atoms with Crippen LogP contribution in [0, 0.1) is 0 Å². The van der Waals surface area contributed by atoms with Gasteiger partial charge < -0.3 is 14.6 Å². The highest BCUT2D eigenvalue weighted by atomic mass is 16.3. The number of hydrogen-bond donors (Lipinski definition) is 1. The number of aromatic nitrogens is 1. The molecule has 0 saturated carbocycles. The van der Waals surface area contributed by atoms with Gasteiger partial charge >= 0.3 is 0 Å². The lowest BCUT2D eigenvalue weighted by Gasteiger charge is -2.19. The molecule has 2 heterocycles. The van der Waals surface area contributed by atoms with Gasteiger partial charge in [-0.2, -0.15) is 0 Å². The van der Waals surface area contributed by atoms with E-state index < -0.39 is 0 Å². The second-order valence-corrected chi connectivity index (χ2v) is 5.11. The highest BCUT2D eigenvalue weighted by Gasteiger charge is 2.07. The van der Waals surface area contributed by atoms with Crippen LogP contribution in [0.15, 0.2) is 41.3 Å². The molecule has 0 amide bonds. The van der Waals surface area contributed by atoms with Crippen LogP contribution in [-0.4, -0.2) is 18.6 Å². The molecule has 2 aromatic heterocycles. The third-order valence-electron chi connectivity index (χ3n) is 3.36. The van der Waals surface area contributed by atoms with Gasteiger partial charge in [0.15, 0.2) is 0 Å². The van der Waals surface area contributed by atoms with Crippen LogP contribution in [0.5, 0.6) is 0 Å². The summed E-state index contributed by atoms with van der Waals surface area (Å²) in [5.41, 5.74) is 2.37. The van der Waals surface area contributed by atoms with Crippen molar-refractivity contribution in [3.63, 3.8) is 0 Å². The average molecular weight is 273 g/mol. The number of nitrogens with zero attached hydrogens (tertiary/aromatic N) is 2. The summed E-state index contributed by atoms with van der Waals surface area (Å²) in [7, 11) is 2.04. The summed E-state index contributed by atoms with van der Waals surface area (Å²) in [6.07, 6.45) is 6.56. The van der Waals surface area contributed by atoms with Gasteiger partial charge in [0.05, 0.1) is 12.5 Å². The summed E-state index contributed by atoms with van der Waals surface area (Å²) in [5, 5.41) is 3.47. The Hall–Kier alpha value is -1.81. The van der Waals surface area contributed by atoms with Crippen molar-refractivity contribution in [2.75, 3.05) is 18.5 Å². The minimum absolute atomic E-state index is 0.343. The van der Waals surface area contributed by atoms with Crippen LogP contribution >= 0.6 is 0 Å². The van der Waals surface area contributed by atoms with Gasteiger partial charge in [-0.05, 0) is 37.6 Å². The van der Waals surface area contributed by atoms with Crippen molar-refractivity contribution in [2.45, 2.75) is 32.9 Å². The molecule has 0 saturated heterocycles. The third-order valence-corrected chi connectivity index (χ3v) is 3.36. The SMILES string of the molecule is CCCNC(C)c1ccc(N(C)Cc2ccoc2)nc1. The fourth-order valence-corrected chi connectivity index (χ4v) is 2.10. The van der Waals surface area contributed by atoms with Gasteiger partial charge in [-0.25, -0.2) is 4.98 Å². The number of pyridine rings is 1. The first-order chi connectivity index (χ1) is 9.70. The second kappa shape index (κ2) is 7.10. The molecule has 0 bridgehead atoms. The van der Waals surface area contributed by atoms with E-state index in [9.17, 15) is 0 Å². The van der Waals surface area contributed by atoms with Crippen LogP contribution in [0.4, 0.5) is 5.82 Å². The molecule has 2 rings (SSSR count). The van der Waals surface area contributed by atoms with Crippen LogP contribution < -0.4 is 10.2 Å². The van der Waals surface area contributed by atoms with Crippen molar-refractivity contribution in [1.82, 2.24) is 10.3 Å². The van der Waals surface area contributed by atoms with E-state index in [1.165, 1.54) is 5.56 Å². The Morgan fingerprint density at radius 2 is 2.20 bits per heavy atom. The lowest BCUT2D eigenvalue weighted by atomic mass is 10.1. The van der Waals surface area contributed by atoms with E-state index >= 15 is 0 Å². The zero-order valence-corrected chi connectivity index (χ0v) is 12.5. The van der Waals surface area contributed by atoms with Crippen LogP contribution in [0.25, 0.3) is 0 Å². The second-order valence-electron chi connectivity index (χ2n) is 5.11. The van der Waals surface area contributed by atoms with E-state index in [1.807, 2.05) is 19.3 Å². The van der Waals surface area contributed by atoms with E-state index in [1.54, 1.807) is 12.5 Å². The molecule has 1 N–H and O–H groups in total. The van der Waals surface area contributed by atoms with E-state index in [2.05, 4.69) is 41.2 Å². The number of rotatable bonds is 7. The topological polar surface area (TPSA) is 41.3 Å². The zero-order valence-electron chi connectivity index (χ0n) is 12.5. The fraction of sp³-hybridized carbons (Fsp3) is 0.438. The van der Waals surface area contributed by atoms with Crippen molar-refractivity contribution in [3.8, 4) is 0 Å². The van der Waals surface area contributed by atoms with Gasteiger partial charge in [-0.15, -0.1) is 0 Å². The maximum Gasteiger partial charge on any atom is 0.128 e. The van der Waals surface area contributed by atoms with Gasteiger partial charge in [0.25, 0.3) is 0 Å². The molecule has 0 aromatic carbocycles. The maximum absolute atomic E-state index is 5.08. The van der Waals surface area contributed by atoms with E-state index in [0.717, 1.165) is 30.9 Å². The Morgan fingerprint density at radius 3 is 2.80 bits per heavy atom. The predicted octanol–water partition coefficient (Wildman–Crippen LogP) is 3.37. The van der Waals surface area contributed by atoms with Gasteiger partial charge in [0.1, 0.15) is 5.82 Å². The molecular formula is C16H23N3O. The molecule has 0 aliphatic heterocycles. The highest BCUT2D eigenvalue weighted by Crippen LogP contribution is 2.17. The minimum atomic E-state index is 0.343. The van der Waals surface area contributed by atoms with Crippen molar-refractivity contribution < 1.29 is 4.42 Å². The normalized spacial score (nSPS) is 12.3. The van der Waals surface area contributed by atoms with Crippen LogP contribution in [0.1, 0.15) is 37.4 Å². The van der Waals surface area contributed by atoms with Crippen LogP contribution in [0.2, 0.25) is 0 Å². The van der Waals surface area contributed by atoms with Crippen LogP contribution in [-0.2, 0) is 6.54 Å². The molecular weight excluding hydrogens is 250 g/mol. The lowest BCUT2D eigenvalue weighted by Crippen LogP contribution is -2.20. The Morgan fingerprint density at radius 1 is 1.35 bits per heavy atom. The number of hydrogen-bond acceptors (Lipinski definition) is 4. The number of nitrogens with one attached hydrogen (secondary N) is 1. The van der Waals surface area contributed by atoms with Gasteiger partial charge in [-0.3, -0.25) is 0 Å². The smallest absolute Gasteiger partial charge is 0.128 e. The summed E-state index contributed by atoms with van der Waals surface area (Å²) < 4.78 is 5.08. The summed E-state index contributed by atoms with van der Waals surface area (Å²) >= 11 is 0. The summed E-state index contributed by atoms with van der Waals surface area (Å²) in [6, 6.07) is 6.53. The van der Waals surface area contributed by atoms with Gasteiger partial charge in [0.2, 0.25) is 0 Å². The fourth-order valence-electron chi connectivity index (χ4n) is 2.10. The largest absolute Gasteiger partial charge is 0.472 e. The Kier molecular flexibility index (Phi) is 5.18. The monoisotopic (exact) mass is 273 g/mol. The minimum Gasteiger partial charge on any atom is -0.472 e. The zero-order chi connectivity index (χ0) is 14.4. The molecule has 108 valence electrons.